The van der Waals surface area contributed by atoms with Gasteiger partial charge >= 0.3 is 0 Å². The fourth-order valence-corrected chi connectivity index (χ4v) is 5.28. The molecule has 3 aromatic rings. The zero-order chi connectivity index (χ0) is 22.0. The quantitative estimate of drug-likeness (QED) is 0.525. The van der Waals surface area contributed by atoms with Gasteiger partial charge in [-0.2, -0.15) is 0 Å². The SMILES string of the molecule is CC(C)CN1C(=O)c2ccccc2C(C(=O)NCc2cccc(Cl)c2)C1c1cccs1. The molecule has 0 saturated carbocycles. The molecule has 0 saturated heterocycles. The Bertz CT molecular complexity index is 1080. The molecule has 160 valence electrons. The third kappa shape index (κ3) is 4.53. The minimum Gasteiger partial charge on any atom is -0.351 e. The first-order valence-electron chi connectivity index (χ1n) is 10.4. The van der Waals surface area contributed by atoms with Crippen LogP contribution in [0.25, 0.3) is 0 Å². The second kappa shape index (κ2) is 9.25. The molecule has 2 heterocycles. The lowest BCUT2D eigenvalue weighted by Crippen LogP contribution is -2.48. The van der Waals surface area contributed by atoms with Gasteiger partial charge < -0.3 is 10.2 Å². The lowest BCUT2D eigenvalue weighted by atomic mass is 9.81. The van der Waals surface area contributed by atoms with Crippen molar-refractivity contribution in [3.8, 4) is 0 Å². The van der Waals surface area contributed by atoms with Gasteiger partial charge in [-0.05, 0) is 46.7 Å². The molecule has 4 nitrogen and oxygen atoms in total. The van der Waals surface area contributed by atoms with Crippen LogP contribution in [0.2, 0.25) is 5.02 Å². The maximum absolute atomic E-state index is 13.6. The molecule has 2 atom stereocenters. The summed E-state index contributed by atoms with van der Waals surface area (Å²) in [4.78, 5) is 29.9. The number of carbonyl (C=O) groups excluding carboxylic acids is 2. The highest BCUT2D eigenvalue weighted by molar-refractivity contribution is 7.10. The van der Waals surface area contributed by atoms with E-state index >= 15 is 0 Å². The van der Waals surface area contributed by atoms with Gasteiger partial charge in [0.15, 0.2) is 0 Å². The minimum atomic E-state index is -0.481. The predicted octanol–water partition coefficient (Wildman–Crippen LogP) is 5.65. The van der Waals surface area contributed by atoms with Gasteiger partial charge in [0.05, 0.1) is 12.0 Å². The summed E-state index contributed by atoms with van der Waals surface area (Å²) < 4.78 is 0. The Balaban J connectivity index is 1.73. The number of rotatable bonds is 6. The van der Waals surface area contributed by atoms with E-state index in [-0.39, 0.29) is 23.8 Å². The molecular formula is C25H25ClN2O2S. The standard InChI is InChI=1S/C25H25ClN2O2S/c1-16(2)15-28-23(21-11-6-12-31-21)22(19-9-3-4-10-20(19)25(28)30)24(29)27-14-17-7-5-8-18(26)13-17/h3-13,16,22-23H,14-15H2,1-2H3,(H,27,29). The van der Waals surface area contributed by atoms with Crippen molar-refractivity contribution in [3.63, 3.8) is 0 Å². The van der Waals surface area contributed by atoms with Crippen molar-refractivity contribution in [3.05, 3.63) is 92.6 Å². The van der Waals surface area contributed by atoms with E-state index in [9.17, 15) is 9.59 Å². The number of carbonyl (C=O) groups is 2. The highest BCUT2D eigenvalue weighted by atomic mass is 35.5. The largest absolute Gasteiger partial charge is 0.351 e. The smallest absolute Gasteiger partial charge is 0.254 e. The van der Waals surface area contributed by atoms with E-state index in [1.807, 2.05) is 70.9 Å². The molecule has 6 heteroatoms. The third-order valence-corrected chi connectivity index (χ3v) is 6.65. The summed E-state index contributed by atoms with van der Waals surface area (Å²) in [6.45, 7) is 5.15. The van der Waals surface area contributed by atoms with E-state index in [0.29, 0.717) is 23.7 Å². The van der Waals surface area contributed by atoms with Crippen LogP contribution >= 0.6 is 22.9 Å². The van der Waals surface area contributed by atoms with Crippen molar-refractivity contribution in [1.29, 1.82) is 0 Å². The molecule has 2 unspecified atom stereocenters. The van der Waals surface area contributed by atoms with Gasteiger partial charge in [-0.1, -0.05) is 61.8 Å². The topological polar surface area (TPSA) is 49.4 Å². The minimum absolute atomic E-state index is 0.0124. The molecule has 1 aliphatic heterocycles. The fraction of sp³-hybridized carbons (Fsp3) is 0.280. The average molecular weight is 453 g/mol. The first-order chi connectivity index (χ1) is 15.0. The number of thiophene rings is 1. The van der Waals surface area contributed by atoms with Crippen LogP contribution in [0.4, 0.5) is 0 Å². The predicted molar refractivity (Wildman–Crippen MR) is 125 cm³/mol. The highest BCUT2D eigenvalue weighted by Gasteiger charge is 2.44. The van der Waals surface area contributed by atoms with E-state index < -0.39 is 5.92 Å². The zero-order valence-electron chi connectivity index (χ0n) is 17.5. The maximum Gasteiger partial charge on any atom is 0.254 e. The molecule has 2 amide bonds. The molecule has 0 spiro atoms. The van der Waals surface area contributed by atoms with Gasteiger partial charge in [-0.15, -0.1) is 11.3 Å². The normalized spacial score (nSPS) is 18.2. The van der Waals surface area contributed by atoms with E-state index in [1.54, 1.807) is 11.3 Å². The molecule has 0 aliphatic carbocycles. The van der Waals surface area contributed by atoms with Gasteiger partial charge in [0.2, 0.25) is 5.91 Å². The van der Waals surface area contributed by atoms with Crippen LogP contribution in [-0.2, 0) is 11.3 Å². The van der Waals surface area contributed by atoms with Crippen LogP contribution in [0.1, 0.15) is 52.2 Å². The summed E-state index contributed by atoms with van der Waals surface area (Å²) in [5, 5.41) is 5.72. The Morgan fingerprint density at radius 2 is 1.94 bits per heavy atom. The molecule has 1 aromatic heterocycles. The fourth-order valence-electron chi connectivity index (χ4n) is 4.19. The van der Waals surface area contributed by atoms with Crippen LogP contribution in [0, 0.1) is 5.92 Å². The molecule has 4 rings (SSSR count). The molecule has 2 aromatic carbocycles. The van der Waals surface area contributed by atoms with Gasteiger partial charge in [0.1, 0.15) is 0 Å². The summed E-state index contributed by atoms with van der Waals surface area (Å²) in [5.74, 6) is -0.300. The number of hydrogen-bond donors (Lipinski definition) is 1. The second-order valence-electron chi connectivity index (χ2n) is 8.22. The Morgan fingerprint density at radius 3 is 2.65 bits per heavy atom. The highest BCUT2D eigenvalue weighted by Crippen LogP contribution is 2.44. The van der Waals surface area contributed by atoms with Crippen molar-refractivity contribution >= 4 is 34.8 Å². The summed E-state index contributed by atoms with van der Waals surface area (Å²) in [6.07, 6.45) is 0. The number of halogens is 1. The number of nitrogens with zero attached hydrogens (tertiary/aromatic N) is 1. The summed E-state index contributed by atoms with van der Waals surface area (Å²) in [6, 6.07) is 18.6. The Hall–Kier alpha value is -2.63. The number of amides is 2. The van der Waals surface area contributed by atoms with Crippen molar-refractivity contribution in [2.24, 2.45) is 5.92 Å². The number of nitrogens with one attached hydrogen (secondary N) is 1. The van der Waals surface area contributed by atoms with E-state index in [0.717, 1.165) is 16.0 Å². The molecule has 0 fully saturated rings. The van der Waals surface area contributed by atoms with Crippen molar-refractivity contribution in [2.45, 2.75) is 32.4 Å². The molecular weight excluding hydrogens is 428 g/mol. The molecule has 1 N–H and O–H groups in total. The molecule has 31 heavy (non-hydrogen) atoms. The molecule has 0 bridgehead atoms. The van der Waals surface area contributed by atoms with Crippen molar-refractivity contribution in [2.75, 3.05) is 6.54 Å². The Kier molecular flexibility index (Phi) is 6.44. The van der Waals surface area contributed by atoms with E-state index in [4.69, 9.17) is 11.6 Å². The Labute approximate surface area is 191 Å². The van der Waals surface area contributed by atoms with Gasteiger partial charge in [0, 0.05) is 28.6 Å². The molecule has 0 radical (unpaired) electrons. The van der Waals surface area contributed by atoms with Gasteiger partial charge in [-0.3, -0.25) is 9.59 Å². The van der Waals surface area contributed by atoms with Crippen LogP contribution in [0.5, 0.6) is 0 Å². The van der Waals surface area contributed by atoms with Crippen LogP contribution < -0.4 is 5.32 Å². The first-order valence-corrected chi connectivity index (χ1v) is 11.7. The van der Waals surface area contributed by atoms with Gasteiger partial charge in [-0.25, -0.2) is 0 Å². The average Bonchev–Trinajstić information content (AvgIpc) is 3.28. The number of hydrogen-bond acceptors (Lipinski definition) is 3. The lowest BCUT2D eigenvalue weighted by molar-refractivity contribution is -0.124. The summed E-state index contributed by atoms with van der Waals surface area (Å²) >= 11 is 7.68. The van der Waals surface area contributed by atoms with Crippen LogP contribution in [0.3, 0.4) is 0 Å². The molecule has 1 aliphatic rings. The van der Waals surface area contributed by atoms with E-state index in [1.165, 1.54) is 0 Å². The third-order valence-electron chi connectivity index (χ3n) is 5.47. The van der Waals surface area contributed by atoms with E-state index in [2.05, 4.69) is 19.2 Å². The number of fused-ring (bicyclic) bond motifs is 1. The maximum atomic E-state index is 13.6. The van der Waals surface area contributed by atoms with Crippen molar-refractivity contribution < 1.29 is 9.59 Å². The second-order valence-corrected chi connectivity index (χ2v) is 9.64. The van der Waals surface area contributed by atoms with Crippen molar-refractivity contribution in [1.82, 2.24) is 10.2 Å². The van der Waals surface area contributed by atoms with Crippen LogP contribution in [0.15, 0.2) is 66.0 Å². The number of benzene rings is 2. The summed E-state index contributed by atoms with van der Waals surface area (Å²) in [5.41, 5.74) is 2.33. The van der Waals surface area contributed by atoms with Gasteiger partial charge in [0.25, 0.3) is 5.91 Å². The summed E-state index contributed by atoms with van der Waals surface area (Å²) in [7, 11) is 0. The lowest BCUT2D eigenvalue weighted by Gasteiger charge is -2.42. The van der Waals surface area contributed by atoms with Crippen LogP contribution in [-0.4, -0.2) is 23.3 Å². The first kappa shape index (κ1) is 21.6. The Morgan fingerprint density at radius 1 is 1.13 bits per heavy atom. The monoisotopic (exact) mass is 452 g/mol. The zero-order valence-corrected chi connectivity index (χ0v) is 19.1.